The normalized spacial score (nSPS) is 11.2. The van der Waals surface area contributed by atoms with Gasteiger partial charge in [0, 0.05) is 6.54 Å². The van der Waals surface area contributed by atoms with E-state index in [-0.39, 0.29) is 10.9 Å². The fourth-order valence-electron chi connectivity index (χ4n) is 2.28. The van der Waals surface area contributed by atoms with Gasteiger partial charge in [0.15, 0.2) is 0 Å². The summed E-state index contributed by atoms with van der Waals surface area (Å²) in [6.07, 6.45) is 2.27. The van der Waals surface area contributed by atoms with Crippen LogP contribution < -0.4 is 11.1 Å². The van der Waals surface area contributed by atoms with Crippen molar-refractivity contribution in [1.29, 1.82) is 0 Å². The van der Waals surface area contributed by atoms with E-state index >= 15 is 0 Å². The molecule has 3 nitrogen and oxygen atoms in total. The average Bonchev–Trinajstić information content (AvgIpc) is 2.47. The van der Waals surface area contributed by atoms with Crippen LogP contribution in [0.5, 0.6) is 0 Å². The van der Waals surface area contributed by atoms with Crippen LogP contribution >= 0.6 is 12.2 Å². The Hall–Kier alpha value is -1.42. The first-order valence-corrected chi connectivity index (χ1v) is 7.57. The van der Waals surface area contributed by atoms with E-state index in [2.05, 4.69) is 24.4 Å². The van der Waals surface area contributed by atoms with Crippen molar-refractivity contribution in [3.05, 3.63) is 35.4 Å². The molecule has 0 aliphatic rings. The van der Waals surface area contributed by atoms with Crippen LogP contribution in [-0.4, -0.2) is 10.9 Å². The summed E-state index contributed by atoms with van der Waals surface area (Å²) in [5.41, 5.74) is 7.42. The number of hydrogen-bond donors (Lipinski definition) is 2. The fourth-order valence-corrected chi connectivity index (χ4v) is 2.66. The molecule has 0 radical (unpaired) electrons. The van der Waals surface area contributed by atoms with Gasteiger partial charge in [0.05, 0.1) is 10.4 Å². The van der Waals surface area contributed by atoms with Gasteiger partial charge in [0.25, 0.3) is 0 Å². The lowest BCUT2D eigenvalue weighted by molar-refractivity contribution is -0.128. The average molecular weight is 292 g/mol. The topological polar surface area (TPSA) is 55.1 Å². The number of nitrogens with two attached hydrogens (primary N) is 1. The molecule has 0 fully saturated rings. The van der Waals surface area contributed by atoms with Gasteiger partial charge in [-0.2, -0.15) is 0 Å². The zero-order valence-corrected chi connectivity index (χ0v) is 13.3. The SMILES string of the molecule is CCc1ccc(CNC(=O)C(CC)(CC)C(N)=S)cc1. The van der Waals surface area contributed by atoms with Gasteiger partial charge in [-0.25, -0.2) is 0 Å². The van der Waals surface area contributed by atoms with Crippen LogP contribution in [0.3, 0.4) is 0 Å². The molecule has 4 heteroatoms. The number of rotatable bonds is 7. The van der Waals surface area contributed by atoms with Gasteiger partial charge in [-0.15, -0.1) is 0 Å². The molecule has 0 heterocycles. The van der Waals surface area contributed by atoms with Crippen molar-refractivity contribution in [1.82, 2.24) is 5.32 Å². The Kier molecular flexibility index (Phi) is 6.14. The second-order valence-corrected chi connectivity index (χ2v) is 5.45. The maximum absolute atomic E-state index is 12.4. The maximum atomic E-state index is 12.4. The predicted molar refractivity (Wildman–Crippen MR) is 87.5 cm³/mol. The van der Waals surface area contributed by atoms with Gasteiger partial charge in [0.2, 0.25) is 5.91 Å². The number of carbonyl (C=O) groups excluding carboxylic acids is 1. The van der Waals surface area contributed by atoms with Crippen molar-refractivity contribution in [3.8, 4) is 0 Å². The van der Waals surface area contributed by atoms with E-state index < -0.39 is 5.41 Å². The highest BCUT2D eigenvalue weighted by Crippen LogP contribution is 2.27. The summed E-state index contributed by atoms with van der Waals surface area (Å²) in [4.78, 5) is 12.7. The van der Waals surface area contributed by atoms with Gasteiger partial charge in [-0.05, 0) is 30.4 Å². The Morgan fingerprint density at radius 1 is 1.15 bits per heavy atom. The first-order valence-electron chi connectivity index (χ1n) is 7.16. The van der Waals surface area contributed by atoms with Crippen molar-refractivity contribution >= 4 is 23.1 Å². The molecule has 0 atom stereocenters. The van der Waals surface area contributed by atoms with Crippen LogP contribution in [0.25, 0.3) is 0 Å². The van der Waals surface area contributed by atoms with Crippen LogP contribution in [0.1, 0.15) is 44.7 Å². The van der Waals surface area contributed by atoms with Gasteiger partial charge in [-0.1, -0.05) is 57.3 Å². The number of benzene rings is 1. The van der Waals surface area contributed by atoms with Gasteiger partial charge in [0.1, 0.15) is 0 Å². The minimum Gasteiger partial charge on any atom is -0.392 e. The number of amides is 1. The molecule has 0 aliphatic carbocycles. The van der Waals surface area contributed by atoms with E-state index in [9.17, 15) is 4.79 Å². The van der Waals surface area contributed by atoms with Crippen molar-refractivity contribution in [3.63, 3.8) is 0 Å². The summed E-state index contributed by atoms with van der Waals surface area (Å²) in [7, 11) is 0. The third-order valence-corrected chi connectivity index (χ3v) is 4.39. The quantitative estimate of drug-likeness (QED) is 0.760. The summed E-state index contributed by atoms with van der Waals surface area (Å²) >= 11 is 5.08. The standard InChI is InChI=1S/C16H24N2OS/c1-4-12-7-9-13(10-8-12)11-18-15(19)16(5-2,6-3)14(17)20/h7-10H,4-6,11H2,1-3H3,(H2,17,20)(H,18,19). The Morgan fingerprint density at radius 2 is 1.65 bits per heavy atom. The third-order valence-electron chi connectivity index (χ3n) is 4.00. The predicted octanol–water partition coefficient (Wildman–Crippen LogP) is 2.96. The van der Waals surface area contributed by atoms with Crippen molar-refractivity contribution in [2.75, 3.05) is 0 Å². The van der Waals surface area contributed by atoms with Gasteiger partial charge < -0.3 is 11.1 Å². The van der Waals surface area contributed by atoms with Crippen LogP contribution in [0.15, 0.2) is 24.3 Å². The molecule has 0 bridgehead atoms. The van der Waals surface area contributed by atoms with Crippen LogP contribution in [0, 0.1) is 5.41 Å². The van der Waals surface area contributed by atoms with E-state index in [1.54, 1.807) is 0 Å². The third kappa shape index (κ3) is 3.57. The zero-order chi connectivity index (χ0) is 15.2. The molecule has 1 aromatic rings. The smallest absolute Gasteiger partial charge is 0.233 e. The number of carbonyl (C=O) groups is 1. The molecule has 20 heavy (non-hydrogen) atoms. The molecule has 1 amide bonds. The van der Waals surface area contributed by atoms with Crippen molar-refractivity contribution in [2.45, 2.75) is 46.6 Å². The molecule has 0 saturated heterocycles. The summed E-state index contributed by atoms with van der Waals surface area (Å²) in [5.74, 6) is -0.0745. The lowest BCUT2D eigenvalue weighted by atomic mass is 9.81. The summed E-state index contributed by atoms with van der Waals surface area (Å²) in [5, 5.41) is 2.95. The first-order chi connectivity index (χ1) is 9.50. The van der Waals surface area contributed by atoms with Crippen LogP contribution in [0.4, 0.5) is 0 Å². The number of aryl methyl sites for hydroxylation is 1. The minimum absolute atomic E-state index is 0.0745. The largest absolute Gasteiger partial charge is 0.392 e. The second kappa shape index (κ2) is 7.39. The zero-order valence-electron chi connectivity index (χ0n) is 12.5. The first kappa shape index (κ1) is 16.6. The number of thiocarbonyl (C=S) groups is 1. The molecule has 0 unspecified atom stereocenters. The highest BCUT2D eigenvalue weighted by Gasteiger charge is 2.37. The fraction of sp³-hybridized carbons (Fsp3) is 0.500. The van der Waals surface area contributed by atoms with Crippen molar-refractivity contribution < 1.29 is 4.79 Å². The Bertz CT molecular complexity index is 464. The van der Waals surface area contributed by atoms with E-state index in [1.165, 1.54) is 5.56 Å². The molecule has 1 rings (SSSR count). The second-order valence-electron chi connectivity index (χ2n) is 5.01. The van der Waals surface area contributed by atoms with Gasteiger partial charge in [-0.3, -0.25) is 4.79 Å². The monoisotopic (exact) mass is 292 g/mol. The Morgan fingerprint density at radius 3 is 2.05 bits per heavy atom. The van der Waals surface area contributed by atoms with Crippen LogP contribution in [-0.2, 0) is 17.8 Å². The van der Waals surface area contributed by atoms with E-state index in [0.717, 1.165) is 12.0 Å². The van der Waals surface area contributed by atoms with Gasteiger partial charge >= 0.3 is 0 Å². The number of nitrogens with one attached hydrogen (secondary N) is 1. The lowest BCUT2D eigenvalue weighted by Gasteiger charge is -2.28. The molecule has 3 N–H and O–H groups in total. The molecule has 0 saturated carbocycles. The molecule has 0 aliphatic heterocycles. The number of hydrogen-bond acceptors (Lipinski definition) is 2. The van der Waals surface area contributed by atoms with E-state index in [0.29, 0.717) is 19.4 Å². The highest BCUT2D eigenvalue weighted by atomic mass is 32.1. The minimum atomic E-state index is -0.724. The summed E-state index contributed by atoms with van der Waals surface area (Å²) < 4.78 is 0. The van der Waals surface area contributed by atoms with Crippen molar-refractivity contribution in [2.24, 2.45) is 11.1 Å². The molecule has 0 spiro atoms. The van der Waals surface area contributed by atoms with E-state index in [4.69, 9.17) is 18.0 Å². The highest BCUT2D eigenvalue weighted by molar-refractivity contribution is 7.80. The maximum Gasteiger partial charge on any atom is 0.233 e. The Balaban J connectivity index is 2.72. The molecule has 1 aromatic carbocycles. The summed E-state index contributed by atoms with van der Waals surface area (Å²) in [6.45, 7) is 6.51. The molecular formula is C16H24N2OS. The van der Waals surface area contributed by atoms with E-state index in [1.807, 2.05) is 26.0 Å². The van der Waals surface area contributed by atoms with Crippen LogP contribution in [0.2, 0.25) is 0 Å². The lowest BCUT2D eigenvalue weighted by Crippen LogP contribution is -2.48. The molecular weight excluding hydrogens is 268 g/mol. The molecule has 0 aromatic heterocycles. The Labute approximate surface area is 126 Å². The molecule has 110 valence electrons. The summed E-state index contributed by atoms with van der Waals surface area (Å²) in [6, 6.07) is 8.25.